The molecule has 3 aromatic rings. The number of hydrogen-bond acceptors (Lipinski definition) is 6. The monoisotopic (exact) mass is 583 g/mol. The summed E-state index contributed by atoms with van der Waals surface area (Å²) in [6, 6.07) is 19.0. The maximum atomic E-state index is 12.6. The molecule has 0 spiro atoms. The summed E-state index contributed by atoms with van der Waals surface area (Å²) < 4.78 is 12.0. The maximum Gasteiger partial charge on any atom is 0.269 e. The van der Waals surface area contributed by atoms with Crippen molar-refractivity contribution in [2.45, 2.75) is 20.0 Å². The number of nitro benzene ring substituents is 1. The van der Waals surface area contributed by atoms with Crippen LogP contribution in [0.15, 0.2) is 66.2 Å². The van der Waals surface area contributed by atoms with Crippen molar-refractivity contribution >= 4 is 45.9 Å². The van der Waals surface area contributed by atoms with E-state index >= 15 is 0 Å². The Balaban J connectivity index is 1.79. The number of ether oxygens (including phenoxy) is 2. The van der Waals surface area contributed by atoms with Crippen LogP contribution in [0.4, 0.5) is 11.4 Å². The zero-order valence-corrected chi connectivity index (χ0v) is 21.2. The van der Waals surface area contributed by atoms with Crippen molar-refractivity contribution < 1.29 is 19.2 Å². The number of non-ortho nitro benzene ring substituents is 1. The number of nitrogens with one attached hydrogen (secondary N) is 1. The van der Waals surface area contributed by atoms with Crippen LogP contribution < -0.4 is 14.8 Å². The van der Waals surface area contributed by atoms with Crippen LogP contribution in [0.1, 0.15) is 23.6 Å². The first-order valence-electron chi connectivity index (χ1n) is 10.6. The minimum Gasteiger partial charge on any atom is -0.493 e. The van der Waals surface area contributed by atoms with E-state index in [-0.39, 0.29) is 17.9 Å². The molecule has 0 atom stereocenters. The maximum absolute atomic E-state index is 12.6. The van der Waals surface area contributed by atoms with Gasteiger partial charge in [0.05, 0.1) is 15.6 Å². The number of nitriles is 1. The molecule has 0 saturated heterocycles. The predicted octanol–water partition coefficient (Wildman–Crippen LogP) is 5.90. The molecular weight excluding hydrogens is 561 g/mol. The van der Waals surface area contributed by atoms with E-state index in [0.717, 1.165) is 12.0 Å². The van der Waals surface area contributed by atoms with Crippen LogP contribution in [0, 0.1) is 25.0 Å². The molecule has 9 heteroatoms. The lowest BCUT2D eigenvalue weighted by Gasteiger charge is -2.14. The van der Waals surface area contributed by atoms with E-state index in [9.17, 15) is 20.2 Å². The molecule has 0 unspecified atom stereocenters. The minimum absolute atomic E-state index is 0.0168. The Morgan fingerprint density at radius 1 is 1.17 bits per heavy atom. The SMILES string of the molecule is CCc1ccc(NC(=O)/C(C#N)=C/c2cc(I)c(OCc3cccc([N+](=O)[O-])c3)c(OC)c2)cc1. The van der Waals surface area contributed by atoms with Crippen LogP contribution in [-0.4, -0.2) is 17.9 Å². The van der Waals surface area contributed by atoms with Gasteiger partial charge in [0.2, 0.25) is 0 Å². The van der Waals surface area contributed by atoms with Crippen LogP contribution in [0.3, 0.4) is 0 Å². The molecule has 0 heterocycles. The summed E-state index contributed by atoms with van der Waals surface area (Å²) in [5.74, 6) is 0.342. The highest BCUT2D eigenvalue weighted by atomic mass is 127. The van der Waals surface area contributed by atoms with E-state index < -0.39 is 10.8 Å². The number of benzene rings is 3. The Hall–Kier alpha value is -3.91. The highest BCUT2D eigenvalue weighted by Gasteiger charge is 2.15. The Morgan fingerprint density at radius 2 is 1.91 bits per heavy atom. The van der Waals surface area contributed by atoms with Crippen molar-refractivity contribution in [3.63, 3.8) is 0 Å². The molecule has 0 aromatic heterocycles. The van der Waals surface area contributed by atoms with Crippen LogP contribution in [-0.2, 0) is 17.8 Å². The van der Waals surface area contributed by atoms with E-state index in [2.05, 4.69) is 27.9 Å². The fraction of sp³-hybridized carbons (Fsp3) is 0.154. The van der Waals surface area contributed by atoms with Gasteiger partial charge in [-0.05, 0) is 76.0 Å². The molecule has 0 radical (unpaired) electrons. The molecule has 0 bridgehead atoms. The van der Waals surface area contributed by atoms with Gasteiger partial charge >= 0.3 is 0 Å². The zero-order valence-electron chi connectivity index (χ0n) is 19.1. The first kappa shape index (κ1) is 25.7. The number of anilines is 1. The summed E-state index contributed by atoms with van der Waals surface area (Å²) in [4.78, 5) is 23.2. The van der Waals surface area contributed by atoms with Crippen molar-refractivity contribution in [1.82, 2.24) is 0 Å². The van der Waals surface area contributed by atoms with Crippen molar-refractivity contribution in [2.75, 3.05) is 12.4 Å². The number of hydrogen-bond donors (Lipinski definition) is 1. The molecule has 35 heavy (non-hydrogen) atoms. The van der Waals surface area contributed by atoms with E-state index in [1.165, 1.54) is 25.3 Å². The van der Waals surface area contributed by atoms with Gasteiger partial charge in [-0.3, -0.25) is 14.9 Å². The lowest BCUT2D eigenvalue weighted by atomic mass is 10.1. The molecule has 1 N–H and O–H groups in total. The van der Waals surface area contributed by atoms with Crippen molar-refractivity contribution in [2.24, 2.45) is 0 Å². The second kappa shape index (κ2) is 12.0. The summed E-state index contributed by atoms with van der Waals surface area (Å²) in [7, 11) is 1.48. The third-order valence-electron chi connectivity index (χ3n) is 5.05. The number of methoxy groups -OCH3 is 1. The van der Waals surface area contributed by atoms with Gasteiger partial charge in [-0.1, -0.05) is 31.2 Å². The molecule has 3 aromatic carbocycles. The minimum atomic E-state index is -0.517. The molecular formula is C26H22IN3O5. The average molecular weight is 583 g/mol. The van der Waals surface area contributed by atoms with Crippen LogP contribution in [0.2, 0.25) is 0 Å². The lowest BCUT2D eigenvalue weighted by Crippen LogP contribution is -2.13. The standard InChI is InChI=1S/C26H22IN3O5/c1-3-17-7-9-21(10-8-17)29-26(31)20(15-28)11-19-13-23(27)25(24(14-19)34-2)35-16-18-5-4-6-22(12-18)30(32)33/h4-14H,3,16H2,1-2H3,(H,29,31)/b20-11+. The first-order chi connectivity index (χ1) is 16.8. The Kier molecular flexibility index (Phi) is 8.80. The molecule has 0 aliphatic carbocycles. The van der Waals surface area contributed by atoms with Crippen molar-refractivity contribution in [1.29, 1.82) is 5.26 Å². The highest BCUT2D eigenvalue weighted by molar-refractivity contribution is 14.1. The van der Waals surface area contributed by atoms with E-state index in [1.54, 1.807) is 36.4 Å². The fourth-order valence-corrected chi connectivity index (χ4v) is 4.00. The van der Waals surface area contributed by atoms with E-state index in [1.807, 2.05) is 25.1 Å². The second-order valence-electron chi connectivity index (χ2n) is 7.42. The third kappa shape index (κ3) is 6.80. The normalized spacial score (nSPS) is 10.9. The van der Waals surface area contributed by atoms with Crippen LogP contribution in [0.25, 0.3) is 6.08 Å². The van der Waals surface area contributed by atoms with Gasteiger partial charge < -0.3 is 14.8 Å². The zero-order chi connectivity index (χ0) is 25.4. The summed E-state index contributed by atoms with van der Waals surface area (Å²) in [5.41, 5.74) is 2.89. The number of rotatable bonds is 9. The Labute approximate surface area is 216 Å². The van der Waals surface area contributed by atoms with E-state index in [4.69, 9.17) is 9.47 Å². The number of carbonyl (C=O) groups is 1. The number of carbonyl (C=O) groups excluding carboxylic acids is 1. The third-order valence-corrected chi connectivity index (χ3v) is 5.85. The van der Waals surface area contributed by atoms with E-state index in [0.29, 0.717) is 31.9 Å². The van der Waals surface area contributed by atoms with Crippen LogP contribution >= 0.6 is 22.6 Å². The number of aryl methyl sites for hydroxylation is 1. The van der Waals surface area contributed by atoms with Gasteiger partial charge in [0.25, 0.3) is 11.6 Å². The lowest BCUT2D eigenvalue weighted by molar-refractivity contribution is -0.384. The largest absolute Gasteiger partial charge is 0.493 e. The topological polar surface area (TPSA) is 114 Å². The number of amides is 1. The van der Waals surface area contributed by atoms with Gasteiger partial charge in [0.1, 0.15) is 18.2 Å². The molecule has 8 nitrogen and oxygen atoms in total. The molecule has 0 aliphatic rings. The number of nitrogens with zero attached hydrogens (tertiary/aromatic N) is 2. The molecule has 178 valence electrons. The van der Waals surface area contributed by atoms with Crippen LogP contribution in [0.5, 0.6) is 11.5 Å². The van der Waals surface area contributed by atoms with Gasteiger partial charge in [-0.25, -0.2) is 0 Å². The molecule has 0 aliphatic heterocycles. The highest BCUT2D eigenvalue weighted by Crippen LogP contribution is 2.35. The predicted molar refractivity (Wildman–Crippen MR) is 141 cm³/mol. The van der Waals surface area contributed by atoms with Gasteiger partial charge in [0, 0.05) is 17.8 Å². The Morgan fingerprint density at radius 3 is 2.54 bits per heavy atom. The summed E-state index contributed by atoms with van der Waals surface area (Å²) >= 11 is 2.07. The smallest absolute Gasteiger partial charge is 0.269 e. The average Bonchev–Trinajstić information content (AvgIpc) is 2.86. The second-order valence-corrected chi connectivity index (χ2v) is 8.59. The quantitative estimate of drug-likeness (QED) is 0.110. The fourth-order valence-electron chi connectivity index (χ4n) is 3.22. The summed E-state index contributed by atoms with van der Waals surface area (Å²) in [6.45, 7) is 2.15. The van der Waals surface area contributed by atoms with Gasteiger partial charge in [0.15, 0.2) is 11.5 Å². The Bertz CT molecular complexity index is 1310. The van der Waals surface area contributed by atoms with Crippen molar-refractivity contribution in [3.05, 3.63) is 96.6 Å². The van der Waals surface area contributed by atoms with Crippen molar-refractivity contribution in [3.8, 4) is 17.6 Å². The van der Waals surface area contributed by atoms with Gasteiger partial charge in [-0.2, -0.15) is 5.26 Å². The molecule has 0 fully saturated rings. The number of nitro groups is 1. The number of halogens is 1. The molecule has 0 saturated carbocycles. The summed E-state index contributed by atoms with van der Waals surface area (Å²) in [6.07, 6.45) is 2.37. The first-order valence-corrected chi connectivity index (χ1v) is 11.7. The summed E-state index contributed by atoms with van der Waals surface area (Å²) in [5, 5.41) is 23.3. The molecule has 3 rings (SSSR count). The van der Waals surface area contributed by atoms with Gasteiger partial charge in [-0.15, -0.1) is 0 Å². The molecule has 1 amide bonds.